The normalized spacial score (nSPS) is 16.7. The molecule has 1 N–H and O–H groups in total. The van der Waals surface area contributed by atoms with E-state index in [1.54, 1.807) is 13.2 Å². The van der Waals surface area contributed by atoms with Gasteiger partial charge >= 0.3 is 0 Å². The van der Waals surface area contributed by atoms with Crippen LogP contribution in [-0.4, -0.2) is 19.1 Å². The molecule has 0 saturated heterocycles. The Morgan fingerprint density at radius 3 is 2.52 bits per heavy atom. The Hall–Kier alpha value is -2.36. The fourth-order valence-electron chi connectivity index (χ4n) is 4.02. The minimum absolute atomic E-state index is 0.0350. The molecule has 0 heterocycles. The van der Waals surface area contributed by atoms with E-state index in [2.05, 4.69) is 17.4 Å². The molecule has 1 aliphatic carbocycles. The molecule has 27 heavy (non-hydrogen) atoms. The highest BCUT2D eigenvalue weighted by Crippen LogP contribution is 2.41. The summed E-state index contributed by atoms with van der Waals surface area (Å²) in [7, 11) is 1.66. The zero-order valence-corrected chi connectivity index (χ0v) is 16.1. The first kappa shape index (κ1) is 19.4. The molecule has 144 valence electrons. The third kappa shape index (κ3) is 4.49. The maximum atomic E-state index is 13.7. The van der Waals surface area contributed by atoms with Gasteiger partial charge in [-0.15, -0.1) is 0 Å². The van der Waals surface area contributed by atoms with E-state index >= 15 is 0 Å². The number of rotatable bonds is 7. The summed E-state index contributed by atoms with van der Waals surface area (Å²) in [6.45, 7) is 2.04. The first-order valence-electron chi connectivity index (χ1n) is 9.73. The van der Waals surface area contributed by atoms with Crippen LogP contribution in [0.5, 0.6) is 5.75 Å². The van der Waals surface area contributed by atoms with Gasteiger partial charge in [-0.1, -0.05) is 37.1 Å². The molecule has 1 amide bonds. The number of carbonyl (C=O) groups excluding carboxylic acids is 1. The molecule has 3 nitrogen and oxygen atoms in total. The number of methoxy groups -OCH3 is 1. The van der Waals surface area contributed by atoms with Gasteiger partial charge in [-0.05, 0) is 68.0 Å². The second-order valence-corrected chi connectivity index (χ2v) is 7.56. The first-order chi connectivity index (χ1) is 13.0. The van der Waals surface area contributed by atoms with Gasteiger partial charge in [0, 0.05) is 6.04 Å². The highest BCUT2D eigenvalue weighted by Gasteiger charge is 2.43. The summed E-state index contributed by atoms with van der Waals surface area (Å²) in [5, 5.41) is 3.19. The van der Waals surface area contributed by atoms with Crippen molar-refractivity contribution in [3.8, 4) is 5.75 Å². The summed E-state index contributed by atoms with van der Waals surface area (Å²) in [5.74, 6) is 0.602. The molecule has 1 unspecified atom stereocenters. The van der Waals surface area contributed by atoms with Crippen molar-refractivity contribution in [1.82, 2.24) is 5.32 Å². The molecule has 3 rings (SSSR count). The largest absolute Gasteiger partial charge is 0.497 e. The first-order valence-corrected chi connectivity index (χ1v) is 9.73. The van der Waals surface area contributed by atoms with Gasteiger partial charge in [-0.25, -0.2) is 4.39 Å². The Labute approximate surface area is 160 Å². The Morgan fingerprint density at radius 2 is 1.89 bits per heavy atom. The van der Waals surface area contributed by atoms with Gasteiger partial charge in [0.05, 0.1) is 12.5 Å². The summed E-state index contributed by atoms with van der Waals surface area (Å²) in [4.78, 5) is 13.1. The van der Waals surface area contributed by atoms with Crippen LogP contribution in [-0.2, 0) is 16.6 Å². The lowest BCUT2D eigenvalue weighted by molar-refractivity contribution is -0.127. The van der Waals surface area contributed by atoms with E-state index in [0.29, 0.717) is 0 Å². The van der Waals surface area contributed by atoms with Crippen LogP contribution in [0.3, 0.4) is 0 Å². The van der Waals surface area contributed by atoms with E-state index in [-0.39, 0.29) is 17.8 Å². The number of carbonyl (C=O) groups is 1. The number of benzene rings is 2. The zero-order chi connectivity index (χ0) is 19.3. The molecular weight excluding hydrogens is 341 g/mol. The van der Waals surface area contributed by atoms with Crippen molar-refractivity contribution in [3.05, 3.63) is 65.5 Å². The number of hydrogen-bond donors (Lipinski definition) is 1. The molecule has 1 atom stereocenters. The zero-order valence-electron chi connectivity index (χ0n) is 16.1. The van der Waals surface area contributed by atoms with Crippen molar-refractivity contribution in [3.63, 3.8) is 0 Å². The summed E-state index contributed by atoms with van der Waals surface area (Å²) in [6, 6.07) is 14.6. The lowest BCUT2D eigenvalue weighted by Crippen LogP contribution is -2.46. The second-order valence-electron chi connectivity index (χ2n) is 7.56. The van der Waals surface area contributed by atoms with Gasteiger partial charge in [-0.2, -0.15) is 0 Å². The van der Waals surface area contributed by atoms with Crippen LogP contribution < -0.4 is 10.1 Å². The molecule has 0 bridgehead atoms. The summed E-state index contributed by atoms with van der Waals surface area (Å²) in [6.07, 6.45) is 5.32. The highest BCUT2D eigenvalue weighted by atomic mass is 19.1. The lowest BCUT2D eigenvalue weighted by Gasteiger charge is -2.30. The van der Waals surface area contributed by atoms with Crippen LogP contribution in [0, 0.1) is 5.82 Å². The third-order valence-corrected chi connectivity index (χ3v) is 5.67. The number of aryl methyl sites for hydroxylation is 1. The minimum atomic E-state index is -0.587. The fourth-order valence-corrected chi connectivity index (χ4v) is 4.02. The van der Waals surface area contributed by atoms with Crippen LogP contribution in [0.1, 0.15) is 50.2 Å². The van der Waals surface area contributed by atoms with E-state index in [4.69, 9.17) is 4.74 Å². The number of amides is 1. The third-order valence-electron chi connectivity index (χ3n) is 5.67. The Balaban J connectivity index is 1.63. The minimum Gasteiger partial charge on any atom is -0.497 e. The van der Waals surface area contributed by atoms with Gasteiger partial charge in [-0.3, -0.25) is 4.79 Å². The molecule has 0 aliphatic heterocycles. The fraction of sp³-hybridized carbons (Fsp3) is 0.435. The molecule has 4 heteroatoms. The predicted octanol–water partition coefficient (Wildman–Crippen LogP) is 4.78. The van der Waals surface area contributed by atoms with Gasteiger partial charge in [0.15, 0.2) is 0 Å². The maximum absolute atomic E-state index is 13.7. The maximum Gasteiger partial charge on any atom is 0.230 e. The predicted molar refractivity (Wildman–Crippen MR) is 105 cm³/mol. The topological polar surface area (TPSA) is 38.3 Å². The van der Waals surface area contributed by atoms with Crippen LogP contribution in [0.25, 0.3) is 0 Å². The van der Waals surface area contributed by atoms with Crippen molar-refractivity contribution >= 4 is 5.91 Å². The van der Waals surface area contributed by atoms with Crippen molar-refractivity contribution in [2.24, 2.45) is 0 Å². The molecule has 2 aromatic rings. The van der Waals surface area contributed by atoms with Crippen molar-refractivity contribution in [1.29, 1.82) is 0 Å². The van der Waals surface area contributed by atoms with E-state index in [9.17, 15) is 9.18 Å². The molecule has 0 aromatic heterocycles. The summed E-state index contributed by atoms with van der Waals surface area (Å²) < 4.78 is 18.9. The van der Waals surface area contributed by atoms with Crippen LogP contribution in [0.4, 0.5) is 4.39 Å². The van der Waals surface area contributed by atoms with Crippen LogP contribution in [0.2, 0.25) is 0 Å². The van der Waals surface area contributed by atoms with Crippen molar-refractivity contribution in [2.75, 3.05) is 7.11 Å². The van der Waals surface area contributed by atoms with E-state index in [1.165, 1.54) is 17.7 Å². The van der Waals surface area contributed by atoms with Crippen LogP contribution in [0.15, 0.2) is 48.5 Å². The monoisotopic (exact) mass is 369 g/mol. The Morgan fingerprint density at radius 1 is 1.19 bits per heavy atom. The summed E-state index contributed by atoms with van der Waals surface area (Å²) in [5.41, 5.74) is 1.44. The van der Waals surface area contributed by atoms with Gasteiger partial charge in [0.2, 0.25) is 5.91 Å². The van der Waals surface area contributed by atoms with Crippen molar-refractivity contribution < 1.29 is 13.9 Å². The molecule has 1 fully saturated rings. The quantitative estimate of drug-likeness (QED) is 0.762. The second kappa shape index (κ2) is 8.55. The SMILES string of the molecule is COc1ccc(CCC(C)NC(=O)C2(c3cccc(F)c3)CCCC2)cc1. The molecule has 0 spiro atoms. The molecule has 1 saturated carbocycles. The van der Waals surface area contributed by atoms with E-state index in [1.807, 2.05) is 25.1 Å². The highest BCUT2D eigenvalue weighted by molar-refractivity contribution is 5.88. The number of halogens is 1. The van der Waals surface area contributed by atoms with E-state index in [0.717, 1.165) is 49.8 Å². The smallest absolute Gasteiger partial charge is 0.230 e. The molecule has 2 aromatic carbocycles. The molecular formula is C23H28FNO2. The average molecular weight is 369 g/mol. The van der Waals surface area contributed by atoms with Gasteiger partial charge in [0.25, 0.3) is 0 Å². The van der Waals surface area contributed by atoms with Gasteiger partial charge in [0.1, 0.15) is 11.6 Å². The van der Waals surface area contributed by atoms with Crippen molar-refractivity contribution in [2.45, 2.75) is 56.9 Å². The number of ether oxygens (including phenoxy) is 1. The van der Waals surface area contributed by atoms with Crippen LogP contribution >= 0.6 is 0 Å². The van der Waals surface area contributed by atoms with Gasteiger partial charge < -0.3 is 10.1 Å². The van der Waals surface area contributed by atoms with E-state index < -0.39 is 5.41 Å². The molecule has 1 aliphatic rings. The number of nitrogens with one attached hydrogen (secondary N) is 1. The number of hydrogen-bond acceptors (Lipinski definition) is 2. The standard InChI is InChI=1S/C23H28FNO2/c1-17(8-9-18-10-12-21(27-2)13-11-18)25-22(26)23(14-3-4-15-23)19-6-5-7-20(24)16-19/h5-7,10-13,16-17H,3-4,8-9,14-15H2,1-2H3,(H,25,26). The molecule has 0 radical (unpaired) electrons. The lowest BCUT2D eigenvalue weighted by atomic mass is 9.77. The average Bonchev–Trinajstić information content (AvgIpc) is 3.18. The Kier molecular flexibility index (Phi) is 6.15. The summed E-state index contributed by atoms with van der Waals surface area (Å²) >= 11 is 0. The Bertz CT molecular complexity index is 766.